The molecule has 1 aromatic rings. The van der Waals surface area contributed by atoms with Gasteiger partial charge in [-0.25, -0.2) is 0 Å². The minimum atomic E-state index is 0.0189. The minimum absolute atomic E-state index is 0.0189. The molecule has 1 unspecified atom stereocenters. The molecule has 0 bridgehead atoms. The number of likely N-dealkylation sites (tertiary alicyclic amines) is 2. The lowest BCUT2D eigenvalue weighted by Gasteiger charge is -2.35. The van der Waals surface area contributed by atoms with Gasteiger partial charge in [0.1, 0.15) is 13.2 Å². The number of carbonyl (C=O) groups is 2. The average molecular weight is 386 g/mol. The highest BCUT2D eigenvalue weighted by atomic mass is 16.6. The van der Waals surface area contributed by atoms with Crippen LogP contribution in [-0.2, 0) is 9.59 Å². The van der Waals surface area contributed by atoms with E-state index in [1.165, 1.54) is 0 Å². The van der Waals surface area contributed by atoms with Gasteiger partial charge in [-0.2, -0.15) is 0 Å². The van der Waals surface area contributed by atoms with Crippen molar-refractivity contribution in [3.8, 4) is 11.5 Å². The SMILES string of the molecule is CC(C)C(=O)N1CCC(C(=O)N2CCCC2c2ccc3c(c2)OCCO3)CC1. The predicted octanol–water partition coefficient (Wildman–Crippen LogP) is 3.02. The molecule has 3 aliphatic rings. The predicted molar refractivity (Wildman–Crippen MR) is 105 cm³/mol. The van der Waals surface area contributed by atoms with Crippen LogP contribution >= 0.6 is 0 Å². The molecule has 152 valence electrons. The Kier molecular flexibility index (Phi) is 5.47. The number of fused-ring (bicyclic) bond motifs is 1. The number of carbonyl (C=O) groups excluding carboxylic acids is 2. The molecule has 0 aliphatic carbocycles. The summed E-state index contributed by atoms with van der Waals surface area (Å²) in [5.41, 5.74) is 1.13. The summed E-state index contributed by atoms with van der Waals surface area (Å²) < 4.78 is 11.3. The molecule has 1 aromatic carbocycles. The van der Waals surface area contributed by atoms with Crippen molar-refractivity contribution < 1.29 is 19.1 Å². The third-order valence-electron chi connectivity index (χ3n) is 6.14. The number of hydrogen-bond donors (Lipinski definition) is 0. The maximum Gasteiger partial charge on any atom is 0.226 e. The first-order valence-corrected chi connectivity index (χ1v) is 10.5. The van der Waals surface area contributed by atoms with E-state index < -0.39 is 0 Å². The number of amides is 2. The first-order valence-electron chi connectivity index (χ1n) is 10.5. The molecule has 3 heterocycles. The fourth-order valence-corrected chi connectivity index (χ4v) is 4.59. The van der Waals surface area contributed by atoms with Crippen molar-refractivity contribution in [3.63, 3.8) is 0 Å². The van der Waals surface area contributed by atoms with Crippen molar-refractivity contribution in [2.75, 3.05) is 32.8 Å². The Bertz CT molecular complexity index is 740. The monoisotopic (exact) mass is 386 g/mol. The topological polar surface area (TPSA) is 59.1 Å². The molecule has 2 saturated heterocycles. The van der Waals surface area contributed by atoms with E-state index in [-0.39, 0.29) is 29.7 Å². The zero-order valence-electron chi connectivity index (χ0n) is 16.9. The van der Waals surface area contributed by atoms with E-state index in [0.717, 1.165) is 49.3 Å². The Balaban J connectivity index is 1.42. The Hall–Kier alpha value is -2.24. The summed E-state index contributed by atoms with van der Waals surface area (Å²) >= 11 is 0. The van der Waals surface area contributed by atoms with Crippen LogP contribution in [0.25, 0.3) is 0 Å². The highest BCUT2D eigenvalue weighted by Gasteiger charge is 2.36. The summed E-state index contributed by atoms with van der Waals surface area (Å²) in [5.74, 6) is 2.05. The number of ether oxygens (including phenoxy) is 2. The van der Waals surface area contributed by atoms with Gasteiger partial charge in [0.2, 0.25) is 11.8 Å². The quantitative estimate of drug-likeness (QED) is 0.801. The Morgan fingerprint density at radius 1 is 1.00 bits per heavy atom. The first kappa shape index (κ1) is 19.1. The van der Waals surface area contributed by atoms with E-state index in [0.29, 0.717) is 26.3 Å². The van der Waals surface area contributed by atoms with Crippen LogP contribution in [0.15, 0.2) is 18.2 Å². The molecule has 2 fully saturated rings. The second-order valence-corrected chi connectivity index (χ2v) is 8.35. The molecule has 0 spiro atoms. The van der Waals surface area contributed by atoms with E-state index in [4.69, 9.17) is 9.47 Å². The average Bonchev–Trinajstić information content (AvgIpc) is 3.22. The van der Waals surface area contributed by atoms with Gasteiger partial charge in [-0.05, 0) is 43.4 Å². The molecule has 28 heavy (non-hydrogen) atoms. The smallest absolute Gasteiger partial charge is 0.226 e. The minimum Gasteiger partial charge on any atom is -0.486 e. The normalized spacial score (nSPS) is 22.6. The Labute approximate surface area is 166 Å². The van der Waals surface area contributed by atoms with Crippen molar-refractivity contribution in [1.29, 1.82) is 0 Å². The lowest BCUT2D eigenvalue weighted by Crippen LogP contribution is -2.45. The van der Waals surface area contributed by atoms with Gasteiger partial charge in [0, 0.05) is 31.5 Å². The summed E-state index contributed by atoms with van der Waals surface area (Å²) in [6.07, 6.45) is 3.54. The zero-order valence-corrected chi connectivity index (χ0v) is 16.9. The van der Waals surface area contributed by atoms with Gasteiger partial charge in [0.15, 0.2) is 11.5 Å². The molecule has 0 saturated carbocycles. The van der Waals surface area contributed by atoms with Crippen LogP contribution in [0.2, 0.25) is 0 Å². The van der Waals surface area contributed by atoms with E-state index in [2.05, 4.69) is 11.0 Å². The van der Waals surface area contributed by atoms with E-state index >= 15 is 0 Å². The number of rotatable bonds is 3. The van der Waals surface area contributed by atoms with E-state index in [1.54, 1.807) is 0 Å². The van der Waals surface area contributed by atoms with E-state index in [9.17, 15) is 9.59 Å². The molecule has 3 aliphatic heterocycles. The van der Waals surface area contributed by atoms with Crippen molar-refractivity contribution in [3.05, 3.63) is 23.8 Å². The van der Waals surface area contributed by atoms with Gasteiger partial charge in [0.25, 0.3) is 0 Å². The highest BCUT2D eigenvalue weighted by molar-refractivity contribution is 5.81. The van der Waals surface area contributed by atoms with Crippen molar-refractivity contribution in [2.24, 2.45) is 11.8 Å². The van der Waals surface area contributed by atoms with Crippen LogP contribution in [0.3, 0.4) is 0 Å². The standard InChI is InChI=1S/C22H30N2O4/c1-15(2)21(25)23-10-7-16(8-11-23)22(26)24-9-3-4-18(24)17-5-6-19-20(14-17)28-13-12-27-19/h5-6,14-16,18H,3-4,7-13H2,1-2H3. The van der Waals surface area contributed by atoms with Crippen LogP contribution in [0.1, 0.15) is 51.1 Å². The summed E-state index contributed by atoms with van der Waals surface area (Å²) in [6, 6.07) is 6.17. The van der Waals surface area contributed by atoms with Crippen LogP contribution in [0.5, 0.6) is 11.5 Å². The number of benzene rings is 1. The largest absolute Gasteiger partial charge is 0.486 e. The second-order valence-electron chi connectivity index (χ2n) is 8.35. The van der Waals surface area contributed by atoms with Gasteiger partial charge >= 0.3 is 0 Å². The molecule has 0 N–H and O–H groups in total. The zero-order chi connectivity index (χ0) is 19.7. The number of hydrogen-bond acceptors (Lipinski definition) is 4. The molecule has 2 amide bonds. The maximum atomic E-state index is 13.2. The van der Waals surface area contributed by atoms with Gasteiger partial charge in [-0.1, -0.05) is 19.9 Å². The molecule has 6 nitrogen and oxygen atoms in total. The van der Waals surface area contributed by atoms with Crippen LogP contribution < -0.4 is 9.47 Å². The lowest BCUT2D eigenvalue weighted by atomic mass is 9.93. The fourth-order valence-electron chi connectivity index (χ4n) is 4.59. The molecular formula is C22H30N2O4. The van der Waals surface area contributed by atoms with Gasteiger partial charge < -0.3 is 19.3 Å². The molecular weight excluding hydrogens is 356 g/mol. The third-order valence-corrected chi connectivity index (χ3v) is 6.14. The van der Waals surface area contributed by atoms with Gasteiger partial charge in [-0.3, -0.25) is 9.59 Å². The summed E-state index contributed by atoms with van der Waals surface area (Å²) in [6.45, 7) is 7.20. The van der Waals surface area contributed by atoms with Crippen molar-refractivity contribution >= 4 is 11.8 Å². The summed E-state index contributed by atoms with van der Waals surface area (Å²) in [7, 11) is 0. The van der Waals surface area contributed by atoms with Gasteiger partial charge in [0.05, 0.1) is 6.04 Å². The van der Waals surface area contributed by atoms with Crippen molar-refractivity contribution in [1.82, 2.24) is 9.80 Å². The first-order chi connectivity index (χ1) is 13.5. The second kappa shape index (κ2) is 8.02. The lowest BCUT2D eigenvalue weighted by molar-refractivity contribution is -0.142. The van der Waals surface area contributed by atoms with Gasteiger partial charge in [-0.15, -0.1) is 0 Å². The van der Waals surface area contributed by atoms with Crippen molar-refractivity contribution in [2.45, 2.75) is 45.6 Å². The molecule has 0 radical (unpaired) electrons. The molecule has 0 aromatic heterocycles. The Morgan fingerprint density at radius 2 is 1.71 bits per heavy atom. The molecule has 6 heteroatoms. The molecule has 4 rings (SSSR count). The number of piperidine rings is 1. The van der Waals surface area contributed by atoms with E-state index in [1.807, 2.05) is 30.9 Å². The Morgan fingerprint density at radius 3 is 2.43 bits per heavy atom. The maximum absolute atomic E-state index is 13.2. The molecule has 1 atom stereocenters. The van der Waals surface area contributed by atoms with Crippen LogP contribution in [0, 0.1) is 11.8 Å². The third kappa shape index (κ3) is 3.69. The number of nitrogens with zero attached hydrogens (tertiary/aromatic N) is 2. The van der Waals surface area contributed by atoms with Crippen LogP contribution in [0.4, 0.5) is 0 Å². The summed E-state index contributed by atoms with van der Waals surface area (Å²) in [4.78, 5) is 29.4. The summed E-state index contributed by atoms with van der Waals surface area (Å²) in [5, 5.41) is 0. The van der Waals surface area contributed by atoms with Crippen LogP contribution in [-0.4, -0.2) is 54.5 Å². The highest BCUT2D eigenvalue weighted by Crippen LogP contribution is 2.39. The fraction of sp³-hybridized carbons (Fsp3) is 0.636.